The van der Waals surface area contributed by atoms with Gasteiger partial charge >= 0.3 is 5.97 Å². The lowest BCUT2D eigenvalue weighted by Gasteiger charge is -2.30. The van der Waals surface area contributed by atoms with Crippen molar-refractivity contribution in [3.63, 3.8) is 0 Å². The van der Waals surface area contributed by atoms with Crippen LogP contribution >= 0.6 is 23.2 Å². The van der Waals surface area contributed by atoms with E-state index in [1.54, 1.807) is 29.3 Å². The van der Waals surface area contributed by atoms with Crippen molar-refractivity contribution in [1.82, 2.24) is 20.4 Å². The summed E-state index contributed by atoms with van der Waals surface area (Å²) in [4.78, 5) is 45.8. The number of furan rings is 1. The molecule has 2 aromatic carbocycles. The number of para-hydroxylation sites is 1. The van der Waals surface area contributed by atoms with E-state index in [1.807, 2.05) is 43.9 Å². The van der Waals surface area contributed by atoms with Gasteiger partial charge in [0.15, 0.2) is 5.76 Å². The van der Waals surface area contributed by atoms with E-state index < -0.39 is 17.9 Å². The standard InChI is InChI=1S/C30H32Cl2N6O5/c1-4-37(14-17(2)3)30(35-16-33)34-13-22(29(41)42)36-27(39)25-21(31)11-19-15-38(10-9-20(19)26(25)32)28(40)24-12-18-7-5-6-8-23(18)43-24/h5-8,11-12,17,22H,4,9-10,13-15H2,1-3H3,(H,34,35)(H,36,39)(H,41,42)/t22-/m0/s1. The summed E-state index contributed by atoms with van der Waals surface area (Å²) in [7, 11) is 0. The molecule has 3 aromatic rings. The van der Waals surface area contributed by atoms with Crippen LogP contribution in [0.15, 0.2) is 45.8 Å². The van der Waals surface area contributed by atoms with E-state index in [1.165, 1.54) is 0 Å². The van der Waals surface area contributed by atoms with Crippen LogP contribution in [0.3, 0.4) is 0 Å². The predicted molar refractivity (Wildman–Crippen MR) is 163 cm³/mol. The molecule has 0 unspecified atom stereocenters. The van der Waals surface area contributed by atoms with Crippen molar-refractivity contribution < 1.29 is 23.9 Å². The highest BCUT2D eigenvalue weighted by atomic mass is 35.5. The van der Waals surface area contributed by atoms with Crippen LogP contribution in [0.2, 0.25) is 10.0 Å². The number of nitrogens with zero attached hydrogens (tertiary/aromatic N) is 4. The number of fused-ring (bicyclic) bond motifs is 2. The molecule has 1 aromatic heterocycles. The lowest BCUT2D eigenvalue weighted by atomic mass is 9.96. The van der Waals surface area contributed by atoms with E-state index in [-0.39, 0.29) is 52.2 Å². The topological polar surface area (TPSA) is 151 Å². The average Bonchev–Trinajstić information content (AvgIpc) is 3.41. The molecule has 226 valence electrons. The van der Waals surface area contributed by atoms with Gasteiger partial charge in [0, 0.05) is 38.1 Å². The fourth-order valence-electron chi connectivity index (χ4n) is 4.98. The first kappa shape index (κ1) is 31.7. The second-order valence-corrected chi connectivity index (χ2v) is 11.3. The lowest BCUT2D eigenvalue weighted by molar-refractivity contribution is -0.139. The van der Waals surface area contributed by atoms with E-state index in [4.69, 9.17) is 32.9 Å². The number of benzene rings is 2. The van der Waals surface area contributed by atoms with Crippen LogP contribution in [-0.2, 0) is 17.8 Å². The molecule has 0 spiro atoms. The van der Waals surface area contributed by atoms with E-state index in [9.17, 15) is 19.5 Å². The van der Waals surface area contributed by atoms with Crippen molar-refractivity contribution in [2.24, 2.45) is 10.9 Å². The summed E-state index contributed by atoms with van der Waals surface area (Å²) < 4.78 is 5.73. The van der Waals surface area contributed by atoms with Gasteiger partial charge in [-0.05, 0) is 48.6 Å². The minimum Gasteiger partial charge on any atom is -0.480 e. The zero-order valence-corrected chi connectivity index (χ0v) is 25.5. The van der Waals surface area contributed by atoms with E-state index in [0.29, 0.717) is 42.8 Å². The van der Waals surface area contributed by atoms with Gasteiger partial charge in [-0.25, -0.2) is 4.79 Å². The van der Waals surface area contributed by atoms with Crippen molar-refractivity contribution in [2.45, 2.75) is 39.8 Å². The SMILES string of the molecule is CCN(CC(C)C)/C(=N\C#N)NC[C@H](NC(=O)c1c(Cl)cc2c(c1Cl)CCN(C(=O)c1cc3ccccc3o1)C2)C(=O)O. The summed E-state index contributed by atoms with van der Waals surface area (Å²) in [5.41, 5.74) is 1.91. The molecule has 4 rings (SSSR count). The average molecular weight is 628 g/mol. The highest BCUT2D eigenvalue weighted by Gasteiger charge is 2.30. The molecule has 0 saturated heterocycles. The molecule has 3 N–H and O–H groups in total. The van der Waals surface area contributed by atoms with Crippen LogP contribution in [0.5, 0.6) is 0 Å². The number of aliphatic carboxylic acids is 1. The number of hydrogen-bond donors (Lipinski definition) is 3. The zero-order valence-electron chi connectivity index (χ0n) is 24.0. The van der Waals surface area contributed by atoms with Gasteiger partial charge < -0.3 is 30.0 Å². The number of carboxylic acid groups (broad SMARTS) is 1. The number of aliphatic imine (C=N–C) groups is 1. The first-order chi connectivity index (χ1) is 20.5. The Kier molecular flexibility index (Phi) is 10.2. The monoisotopic (exact) mass is 626 g/mol. The summed E-state index contributed by atoms with van der Waals surface area (Å²) in [6, 6.07) is 9.25. The summed E-state index contributed by atoms with van der Waals surface area (Å²) in [5, 5.41) is 25.3. The summed E-state index contributed by atoms with van der Waals surface area (Å²) in [6.45, 7) is 7.34. The van der Waals surface area contributed by atoms with E-state index in [2.05, 4.69) is 15.6 Å². The van der Waals surface area contributed by atoms with Gasteiger partial charge in [0.05, 0.1) is 15.6 Å². The highest BCUT2D eigenvalue weighted by molar-refractivity contribution is 6.40. The number of guanidine groups is 1. The zero-order chi connectivity index (χ0) is 31.3. The van der Waals surface area contributed by atoms with Crippen LogP contribution in [0.4, 0.5) is 0 Å². The van der Waals surface area contributed by atoms with Crippen LogP contribution in [0, 0.1) is 17.4 Å². The quantitative estimate of drug-likeness (QED) is 0.178. The molecule has 1 atom stereocenters. The van der Waals surface area contributed by atoms with Crippen molar-refractivity contribution in [2.75, 3.05) is 26.2 Å². The largest absolute Gasteiger partial charge is 0.480 e. The number of carbonyl (C=O) groups is 3. The van der Waals surface area contributed by atoms with Crippen molar-refractivity contribution in [3.8, 4) is 6.19 Å². The van der Waals surface area contributed by atoms with Gasteiger partial charge in [-0.15, -0.1) is 4.99 Å². The van der Waals surface area contributed by atoms with Gasteiger partial charge in [0.25, 0.3) is 11.8 Å². The Morgan fingerprint density at radius 1 is 1.23 bits per heavy atom. The Hall–Kier alpha value is -4.27. The van der Waals surface area contributed by atoms with Gasteiger partial charge in [0.2, 0.25) is 12.2 Å². The molecular weight excluding hydrogens is 595 g/mol. The van der Waals surface area contributed by atoms with Crippen molar-refractivity contribution in [3.05, 3.63) is 68.9 Å². The third kappa shape index (κ3) is 7.21. The number of carbonyl (C=O) groups excluding carboxylic acids is 2. The van der Waals surface area contributed by atoms with Gasteiger partial charge in [0.1, 0.15) is 11.6 Å². The fourth-order valence-corrected chi connectivity index (χ4v) is 5.74. The normalized spacial score (nSPS) is 13.8. The minimum atomic E-state index is -1.38. The third-order valence-corrected chi connectivity index (χ3v) is 7.76. The maximum atomic E-state index is 13.3. The molecule has 2 amide bonds. The molecule has 2 heterocycles. The van der Waals surface area contributed by atoms with Crippen LogP contribution in [-0.4, -0.2) is 70.9 Å². The maximum Gasteiger partial charge on any atom is 0.328 e. The number of rotatable bonds is 9. The number of amides is 2. The fraction of sp³-hybridized carbons (Fsp3) is 0.367. The molecule has 0 saturated carbocycles. The second-order valence-electron chi connectivity index (χ2n) is 10.5. The van der Waals surface area contributed by atoms with Crippen molar-refractivity contribution >= 4 is 57.9 Å². The van der Waals surface area contributed by atoms with Crippen LogP contribution < -0.4 is 10.6 Å². The highest BCUT2D eigenvalue weighted by Crippen LogP contribution is 2.35. The van der Waals surface area contributed by atoms with E-state index >= 15 is 0 Å². The molecule has 11 nitrogen and oxygen atoms in total. The smallest absolute Gasteiger partial charge is 0.328 e. The number of halogens is 2. The molecule has 43 heavy (non-hydrogen) atoms. The number of nitriles is 1. The van der Waals surface area contributed by atoms with Gasteiger partial charge in [-0.1, -0.05) is 55.2 Å². The van der Waals surface area contributed by atoms with Crippen LogP contribution in [0.25, 0.3) is 11.0 Å². The molecule has 0 radical (unpaired) electrons. The summed E-state index contributed by atoms with van der Waals surface area (Å²) in [6.07, 6.45) is 2.09. The number of carboxylic acids is 1. The minimum absolute atomic E-state index is 0.0252. The summed E-state index contributed by atoms with van der Waals surface area (Å²) in [5.74, 6) is -1.63. The Bertz CT molecular complexity index is 1580. The van der Waals surface area contributed by atoms with Gasteiger partial charge in [-0.2, -0.15) is 5.26 Å². The molecule has 0 fully saturated rings. The molecule has 13 heteroatoms. The number of hydrogen-bond acceptors (Lipinski definition) is 6. The van der Waals surface area contributed by atoms with E-state index in [0.717, 1.165) is 5.39 Å². The molecule has 1 aliphatic rings. The Morgan fingerprint density at radius 2 is 1.98 bits per heavy atom. The maximum absolute atomic E-state index is 13.3. The molecular formula is C30H32Cl2N6O5. The Balaban J connectivity index is 1.49. The Labute approximate surface area is 259 Å². The van der Waals surface area contributed by atoms with Crippen LogP contribution in [0.1, 0.15) is 52.8 Å². The van der Waals surface area contributed by atoms with Gasteiger partial charge in [-0.3, -0.25) is 9.59 Å². The number of nitrogens with one attached hydrogen (secondary N) is 2. The first-order valence-corrected chi connectivity index (χ1v) is 14.6. The third-order valence-electron chi connectivity index (χ3n) is 7.05. The Morgan fingerprint density at radius 3 is 2.63 bits per heavy atom. The predicted octanol–water partition coefficient (Wildman–Crippen LogP) is 4.53. The summed E-state index contributed by atoms with van der Waals surface area (Å²) >= 11 is 13.2. The second kappa shape index (κ2) is 13.8. The molecule has 0 bridgehead atoms. The first-order valence-electron chi connectivity index (χ1n) is 13.8. The lowest BCUT2D eigenvalue weighted by Crippen LogP contribution is -2.52. The molecule has 0 aliphatic carbocycles. The van der Waals surface area contributed by atoms with Crippen molar-refractivity contribution in [1.29, 1.82) is 5.26 Å². The molecule has 1 aliphatic heterocycles.